The molecule has 0 fully saturated rings. The maximum atomic E-state index is 12.4. The van der Waals surface area contributed by atoms with Crippen LogP contribution in [0.15, 0.2) is 54.6 Å². The first-order chi connectivity index (χ1) is 14.1. The Labute approximate surface area is 169 Å². The predicted molar refractivity (Wildman–Crippen MR) is 112 cm³/mol. The summed E-state index contributed by atoms with van der Waals surface area (Å²) < 4.78 is 11.1. The van der Waals surface area contributed by atoms with Gasteiger partial charge in [-0.05, 0) is 41.0 Å². The van der Waals surface area contributed by atoms with Gasteiger partial charge in [-0.25, -0.2) is 4.79 Å². The Kier molecular flexibility index (Phi) is 6.62. The maximum absolute atomic E-state index is 12.4. The lowest BCUT2D eigenvalue weighted by Crippen LogP contribution is -2.15. The molecule has 1 N–H and O–H groups in total. The van der Waals surface area contributed by atoms with Crippen molar-refractivity contribution in [3.63, 3.8) is 0 Å². The normalized spacial score (nSPS) is 10.8. The van der Waals surface area contributed by atoms with Gasteiger partial charge in [0.1, 0.15) is 5.75 Å². The molecule has 0 spiro atoms. The van der Waals surface area contributed by atoms with Crippen molar-refractivity contribution < 1.29 is 24.2 Å². The van der Waals surface area contributed by atoms with Crippen molar-refractivity contribution in [3.05, 3.63) is 76.9 Å². The van der Waals surface area contributed by atoms with Gasteiger partial charge in [-0.3, -0.25) is 4.79 Å². The quantitative estimate of drug-likeness (QED) is 0.326. The number of aliphatic carboxylic acids is 1. The fourth-order valence-electron chi connectivity index (χ4n) is 3.57. The van der Waals surface area contributed by atoms with Crippen molar-refractivity contribution in [1.29, 1.82) is 0 Å². The number of carbonyl (C=O) groups excluding carboxylic acids is 1. The smallest absolute Gasteiger partial charge is 0.377 e. The Morgan fingerprint density at radius 3 is 2.41 bits per heavy atom. The summed E-state index contributed by atoms with van der Waals surface area (Å²) in [5.74, 6) is -1.73. The molecule has 0 saturated heterocycles. The van der Waals surface area contributed by atoms with Crippen LogP contribution < -0.4 is 4.74 Å². The second-order valence-corrected chi connectivity index (χ2v) is 6.85. The Bertz CT molecular complexity index is 1020. The molecule has 5 heteroatoms. The minimum absolute atomic E-state index is 0.0672. The molecule has 0 aliphatic carbocycles. The van der Waals surface area contributed by atoms with Gasteiger partial charge >= 0.3 is 5.97 Å². The fourth-order valence-corrected chi connectivity index (χ4v) is 3.57. The summed E-state index contributed by atoms with van der Waals surface area (Å²) in [5, 5.41) is 10.7. The van der Waals surface area contributed by atoms with Crippen molar-refractivity contribution in [2.45, 2.75) is 26.2 Å². The Balaban J connectivity index is 2.30. The van der Waals surface area contributed by atoms with Crippen LogP contribution in [0.3, 0.4) is 0 Å². The summed E-state index contributed by atoms with van der Waals surface area (Å²) in [5.41, 5.74) is 3.08. The van der Waals surface area contributed by atoms with E-state index in [2.05, 4.69) is 0 Å². The first kappa shape index (κ1) is 20.6. The number of aryl methyl sites for hydroxylation is 1. The summed E-state index contributed by atoms with van der Waals surface area (Å²) in [6, 6.07) is 17.2. The second kappa shape index (κ2) is 9.34. The summed E-state index contributed by atoms with van der Waals surface area (Å²) in [4.78, 5) is 23.9. The number of rotatable bonds is 9. The standard InChI is InChI=1S/C24H24O5/c1-3-8-18-14-20(22(25)24(26)27)19-12-7-11-17(13-16-9-5-4-6-10-16)21(19)23(18)29-15-28-2/h4-7,9-12,14H,3,8,13,15H2,1-2H3,(H,26,27). The summed E-state index contributed by atoms with van der Waals surface area (Å²) in [7, 11) is 1.55. The van der Waals surface area contributed by atoms with E-state index in [0.717, 1.165) is 28.5 Å². The third-order valence-electron chi connectivity index (χ3n) is 4.79. The highest BCUT2D eigenvalue weighted by molar-refractivity contribution is 6.42. The Morgan fingerprint density at radius 1 is 1.00 bits per heavy atom. The number of fused-ring (bicyclic) bond motifs is 1. The largest absolute Gasteiger partial charge is 0.475 e. The minimum Gasteiger partial charge on any atom is -0.475 e. The van der Waals surface area contributed by atoms with Gasteiger partial charge in [0.05, 0.1) is 0 Å². The van der Waals surface area contributed by atoms with E-state index in [-0.39, 0.29) is 12.4 Å². The van der Waals surface area contributed by atoms with Crippen molar-refractivity contribution in [2.75, 3.05) is 13.9 Å². The molecule has 3 aromatic rings. The van der Waals surface area contributed by atoms with E-state index in [1.54, 1.807) is 19.2 Å². The number of ketones is 1. The fraction of sp³-hybridized carbons (Fsp3) is 0.250. The molecule has 0 saturated carbocycles. The molecular formula is C24H24O5. The van der Waals surface area contributed by atoms with Crippen LogP contribution in [0.2, 0.25) is 0 Å². The molecule has 29 heavy (non-hydrogen) atoms. The summed E-state index contributed by atoms with van der Waals surface area (Å²) >= 11 is 0. The Morgan fingerprint density at radius 2 is 1.76 bits per heavy atom. The van der Waals surface area contributed by atoms with Crippen molar-refractivity contribution >= 4 is 22.5 Å². The molecule has 0 aromatic heterocycles. The van der Waals surface area contributed by atoms with Gasteiger partial charge in [0.15, 0.2) is 6.79 Å². The van der Waals surface area contributed by atoms with Gasteiger partial charge < -0.3 is 14.6 Å². The van der Waals surface area contributed by atoms with Gasteiger partial charge in [-0.1, -0.05) is 61.9 Å². The van der Waals surface area contributed by atoms with Crippen LogP contribution in [0.4, 0.5) is 0 Å². The molecule has 0 bridgehead atoms. The summed E-state index contributed by atoms with van der Waals surface area (Å²) in [6.07, 6.45) is 2.13. The average Bonchev–Trinajstić information content (AvgIpc) is 2.73. The zero-order valence-corrected chi connectivity index (χ0v) is 16.6. The van der Waals surface area contributed by atoms with Crippen molar-refractivity contribution in [1.82, 2.24) is 0 Å². The lowest BCUT2D eigenvalue weighted by Gasteiger charge is -2.19. The van der Waals surface area contributed by atoms with E-state index in [4.69, 9.17) is 9.47 Å². The SMILES string of the molecule is CCCc1cc(C(=O)C(=O)O)c2cccc(Cc3ccccc3)c2c1OCOC. The number of hydrogen-bond donors (Lipinski definition) is 1. The molecule has 150 valence electrons. The highest BCUT2D eigenvalue weighted by atomic mass is 16.7. The van der Waals surface area contributed by atoms with Gasteiger partial charge in [0.2, 0.25) is 0 Å². The molecule has 0 aliphatic rings. The summed E-state index contributed by atoms with van der Waals surface area (Å²) in [6.45, 7) is 2.09. The van der Waals surface area contributed by atoms with Gasteiger partial charge in [0.25, 0.3) is 5.78 Å². The minimum atomic E-state index is -1.47. The van der Waals surface area contributed by atoms with Crippen molar-refractivity contribution in [3.8, 4) is 5.75 Å². The van der Waals surface area contributed by atoms with Gasteiger partial charge in [-0.15, -0.1) is 0 Å². The van der Waals surface area contributed by atoms with Crippen LogP contribution in [-0.4, -0.2) is 30.8 Å². The number of carboxylic acids is 1. The Hall–Kier alpha value is -3.18. The zero-order valence-electron chi connectivity index (χ0n) is 16.6. The lowest BCUT2D eigenvalue weighted by molar-refractivity contribution is -0.131. The van der Waals surface area contributed by atoms with E-state index in [1.807, 2.05) is 49.4 Å². The van der Waals surface area contributed by atoms with Crippen LogP contribution in [0.1, 0.15) is 40.4 Å². The maximum Gasteiger partial charge on any atom is 0.377 e. The monoisotopic (exact) mass is 392 g/mol. The van der Waals surface area contributed by atoms with Crippen LogP contribution in [-0.2, 0) is 22.4 Å². The van der Waals surface area contributed by atoms with E-state index >= 15 is 0 Å². The molecule has 3 aromatic carbocycles. The topological polar surface area (TPSA) is 72.8 Å². The number of carboxylic acid groups (broad SMARTS) is 1. The third-order valence-corrected chi connectivity index (χ3v) is 4.79. The lowest BCUT2D eigenvalue weighted by atomic mass is 9.90. The third kappa shape index (κ3) is 4.46. The highest BCUT2D eigenvalue weighted by Gasteiger charge is 2.23. The number of Topliss-reactive ketones (excluding diaryl/α,β-unsaturated/α-hetero) is 1. The van der Waals surface area contributed by atoms with Gasteiger partial charge in [-0.2, -0.15) is 0 Å². The van der Waals surface area contributed by atoms with Crippen LogP contribution in [0, 0.1) is 0 Å². The number of carbonyl (C=O) groups is 2. The number of methoxy groups -OCH3 is 1. The molecule has 3 rings (SSSR count). The molecule has 0 aliphatic heterocycles. The van der Waals surface area contributed by atoms with E-state index in [9.17, 15) is 14.7 Å². The second-order valence-electron chi connectivity index (χ2n) is 6.85. The van der Waals surface area contributed by atoms with E-state index < -0.39 is 11.8 Å². The van der Waals surface area contributed by atoms with Crippen molar-refractivity contribution in [2.24, 2.45) is 0 Å². The van der Waals surface area contributed by atoms with E-state index in [1.165, 1.54) is 0 Å². The molecule has 0 heterocycles. The first-order valence-corrected chi connectivity index (χ1v) is 9.57. The van der Waals surface area contributed by atoms with Gasteiger partial charge in [0, 0.05) is 18.1 Å². The van der Waals surface area contributed by atoms with Crippen LogP contribution >= 0.6 is 0 Å². The zero-order chi connectivity index (χ0) is 20.8. The average molecular weight is 392 g/mol. The predicted octanol–water partition coefficient (Wildman–Crippen LogP) is 4.63. The molecule has 0 amide bonds. The van der Waals surface area contributed by atoms with Crippen LogP contribution in [0.5, 0.6) is 5.75 Å². The van der Waals surface area contributed by atoms with E-state index in [0.29, 0.717) is 24.0 Å². The molecule has 0 radical (unpaired) electrons. The molecule has 5 nitrogen and oxygen atoms in total. The number of ether oxygens (including phenoxy) is 2. The number of benzene rings is 3. The molecular weight excluding hydrogens is 368 g/mol. The highest BCUT2D eigenvalue weighted by Crippen LogP contribution is 2.37. The molecule has 0 atom stereocenters. The first-order valence-electron chi connectivity index (χ1n) is 9.57. The van der Waals surface area contributed by atoms with Crippen LogP contribution in [0.25, 0.3) is 10.8 Å². The number of hydrogen-bond acceptors (Lipinski definition) is 4. The molecule has 0 unspecified atom stereocenters.